The van der Waals surface area contributed by atoms with Crippen molar-refractivity contribution < 1.29 is 8.78 Å². The molecule has 0 fully saturated rings. The monoisotopic (exact) mass is 218 g/mol. The summed E-state index contributed by atoms with van der Waals surface area (Å²) < 4.78 is 25.7. The lowest BCUT2D eigenvalue weighted by Gasteiger charge is -2.05. The summed E-state index contributed by atoms with van der Waals surface area (Å²) in [6.45, 7) is 2.07. The zero-order chi connectivity index (χ0) is 11.3. The molecule has 0 aliphatic rings. The lowest BCUT2D eigenvalue weighted by atomic mass is 10.1. The Labute approximate surface area is 87.5 Å². The summed E-state index contributed by atoms with van der Waals surface area (Å²) in [5, 5.41) is 7.60. The SMILES string of the molecule is CCCc1c(CCN)nnn1CC(F)F. The molecule has 1 heterocycles. The minimum Gasteiger partial charge on any atom is -0.330 e. The van der Waals surface area contributed by atoms with Crippen molar-refractivity contribution in [1.82, 2.24) is 15.0 Å². The van der Waals surface area contributed by atoms with E-state index in [-0.39, 0.29) is 6.54 Å². The Morgan fingerprint density at radius 3 is 2.67 bits per heavy atom. The Bertz CT molecular complexity index is 298. The van der Waals surface area contributed by atoms with Crippen LogP contribution in [0.5, 0.6) is 0 Å². The first-order chi connectivity index (χ1) is 7.19. The maximum Gasteiger partial charge on any atom is 0.257 e. The van der Waals surface area contributed by atoms with Crippen molar-refractivity contribution in [3.8, 4) is 0 Å². The molecule has 1 aromatic heterocycles. The summed E-state index contributed by atoms with van der Waals surface area (Å²) in [6.07, 6.45) is -0.199. The molecular formula is C9H16F2N4. The highest BCUT2D eigenvalue weighted by atomic mass is 19.3. The molecule has 0 amide bonds. The third-order valence-corrected chi connectivity index (χ3v) is 2.10. The predicted octanol–water partition coefficient (Wildman–Crippen LogP) is 0.997. The van der Waals surface area contributed by atoms with Crippen molar-refractivity contribution in [3.63, 3.8) is 0 Å². The van der Waals surface area contributed by atoms with E-state index in [0.717, 1.165) is 24.2 Å². The second-order valence-corrected chi connectivity index (χ2v) is 3.34. The Kier molecular flexibility index (Phi) is 4.61. The second kappa shape index (κ2) is 5.75. The normalized spacial score (nSPS) is 11.3. The van der Waals surface area contributed by atoms with Gasteiger partial charge in [0.05, 0.1) is 11.4 Å². The number of nitrogens with zero attached hydrogens (tertiary/aromatic N) is 3. The fraction of sp³-hybridized carbons (Fsp3) is 0.778. The Morgan fingerprint density at radius 1 is 1.40 bits per heavy atom. The van der Waals surface area contributed by atoms with Crippen LogP contribution >= 0.6 is 0 Å². The van der Waals surface area contributed by atoms with E-state index in [1.807, 2.05) is 6.92 Å². The van der Waals surface area contributed by atoms with E-state index in [1.165, 1.54) is 4.68 Å². The van der Waals surface area contributed by atoms with Crippen LogP contribution in [0.25, 0.3) is 0 Å². The molecule has 0 atom stereocenters. The van der Waals surface area contributed by atoms with Gasteiger partial charge in [-0.1, -0.05) is 18.6 Å². The summed E-state index contributed by atoms with van der Waals surface area (Å²) >= 11 is 0. The van der Waals surface area contributed by atoms with Gasteiger partial charge in [-0.2, -0.15) is 0 Å². The van der Waals surface area contributed by atoms with Gasteiger partial charge >= 0.3 is 0 Å². The van der Waals surface area contributed by atoms with Gasteiger partial charge in [-0.05, 0) is 13.0 Å². The average Bonchev–Trinajstić information content (AvgIpc) is 2.51. The molecule has 1 rings (SSSR count). The highest BCUT2D eigenvalue weighted by Crippen LogP contribution is 2.10. The maximum atomic E-state index is 12.2. The molecule has 0 saturated heterocycles. The first-order valence-corrected chi connectivity index (χ1v) is 5.08. The van der Waals surface area contributed by atoms with E-state index >= 15 is 0 Å². The van der Waals surface area contributed by atoms with E-state index in [4.69, 9.17) is 5.73 Å². The number of aromatic nitrogens is 3. The van der Waals surface area contributed by atoms with Crippen molar-refractivity contribution in [2.75, 3.05) is 6.54 Å². The van der Waals surface area contributed by atoms with Crippen LogP contribution in [0.15, 0.2) is 0 Å². The number of nitrogens with two attached hydrogens (primary N) is 1. The molecule has 0 aromatic carbocycles. The van der Waals surface area contributed by atoms with E-state index in [0.29, 0.717) is 13.0 Å². The van der Waals surface area contributed by atoms with Crippen LogP contribution in [0.1, 0.15) is 24.7 Å². The van der Waals surface area contributed by atoms with Gasteiger partial charge in [0.1, 0.15) is 6.54 Å². The Hall–Kier alpha value is -1.04. The minimum absolute atomic E-state index is 0.382. The second-order valence-electron chi connectivity index (χ2n) is 3.34. The highest BCUT2D eigenvalue weighted by Gasteiger charge is 2.14. The molecule has 6 heteroatoms. The largest absolute Gasteiger partial charge is 0.330 e. The van der Waals surface area contributed by atoms with Crippen LogP contribution in [-0.4, -0.2) is 28.0 Å². The third-order valence-electron chi connectivity index (χ3n) is 2.10. The Balaban J connectivity index is 2.84. The van der Waals surface area contributed by atoms with Gasteiger partial charge in [0.2, 0.25) is 0 Å². The third kappa shape index (κ3) is 3.23. The van der Waals surface area contributed by atoms with E-state index in [2.05, 4.69) is 10.3 Å². The molecule has 0 spiro atoms. The zero-order valence-corrected chi connectivity index (χ0v) is 8.79. The smallest absolute Gasteiger partial charge is 0.257 e. The van der Waals surface area contributed by atoms with Gasteiger partial charge in [0, 0.05) is 6.42 Å². The number of rotatable bonds is 6. The maximum absolute atomic E-state index is 12.2. The van der Waals surface area contributed by atoms with Gasteiger partial charge in [-0.3, -0.25) is 0 Å². The summed E-state index contributed by atoms with van der Waals surface area (Å²) in [7, 11) is 0. The molecule has 0 saturated carbocycles. The molecule has 0 unspecified atom stereocenters. The van der Waals surface area contributed by atoms with E-state index in [9.17, 15) is 8.78 Å². The summed E-state index contributed by atoms with van der Waals surface area (Å²) in [5.41, 5.74) is 6.96. The molecule has 86 valence electrons. The van der Waals surface area contributed by atoms with Crippen LogP contribution in [-0.2, 0) is 19.4 Å². The molecule has 0 aliphatic carbocycles. The topological polar surface area (TPSA) is 56.7 Å². The number of alkyl halides is 2. The van der Waals surface area contributed by atoms with Crippen molar-refractivity contribution in [3.05, 3.63) is 11.4 Å². The van der Waals surface area contributed by atoms with E-state index in [1.54, 1.807) is 0 Å². The van der Waals surface area contributed by atoms with Gasteiger partial charge in [0.15, 0.2) is 0 Å². The predicted molar refractivity (Wildman–Crippen MR) is 52.8 cm³/mol. The average molecular weight is 218 g/mol. The Morgan fingerprint density at radius 2 is 2.13 bits per heavy atom. The minimum atomic E-state index is -2.40. The van der Waals surface area contributed by atoms with Crippen LogP contribution in [0, 0.1) is 0 Å². The number of hydrogen-bond acceptors (Lipinski definition) is 3. The van der Waals surface area contributed by atoms with Gasteiger partial charge in [-0.15, -0.1) is 5.10 Å². The zero-order valence-electron chi connectivity index (χ0n) is 8.79. The summed E-state index contributed by atoms with van der Waals surface area (Å²) in [5.74, 6) is 0. The fourth-order valence-corrected chi connectivity index (χ4v) is 1.49. The number of halogens is 2. The molecular weight excluding hydrogens is 202 g/mol. The molecule has 0 radical (unpaired) electrons. The van der Waals surface area contributed by atoms with Crippen molar-refractivity contribution >= 4 is 0 Å². The molecule has 15 heavy (non-hydrogen) atoms. The number of hydrogen-bond donors (Lipinski definition) is 1. The van der Waals surface area contributed by atoms with Crippen molar-refractivity contribution in [2.24, 2.45) is 5.73 Å². The summed E-state index contributed by atoms with van der Waals surface area (Å²) in [6, 6.07) is 0. The van der Waals surface area contributed by atoms with Gasteiger partial charge in [0.25, 0.3) is 6.43 Å². The first kappa shape index (κ1) is 12.0. The quantitative estimate of drug-likeness (QED) is 0.774. The van der Waals surface area contributed by atoms with E-state index < -0.39 is 6.43 Å². The molecule has 4 nitrogen and oxygen atoms in total. The van der Waals surface area contributed by atoms with Crippen LogP contribution in [0.4, 0.5) is 8.78 Å². The molecule has 2 N–H and O–H groups in total. The van der Waals surface area contributed by atoms with Crippen LogP contribution < -0.4 is 5.73 Å². The molecule has 0 aliphatic heterocycles. The lowest BCUT2D eigenvalue weighted by Crippen LogP contribution is -2.13. The molecule has 0 bridgehead atoms. The van der Waals surface area contributed by atoms with Gasteiger partial charge < -0.3 is 5.73 Å². The standard InChI is InChI=1S/C9H16F2N4/c1-2-3-8-7(4-5-12)13-14-15(8)6-9(10)11/h9H,2-6,12H2,1H3. The lowest BCUT2D eigenvalue weighted by molar-refractivity contribution is 0.119. The summed E-state index contributed by atoms with van der Waals surface area (Å²) in [4.78, 5) is 0. The van der Waals surface area contributed by atoms with Gasteiger partial charge in [-0.25, -0.2) is 13.5 Å². The van der Waals surface area contributed by atoms with Crippen molar-refractivity contribution in [1.29, 1.82) is 0 Å². The van der Waals surface area contributed by atoms with Crippen molar-refractivity contribution in [2.45, 2.75) is 39.2 Å². The first-order valence-electron chi connectivity index (χ1n) is 5.08. The highest BCUT2D eigenvalue weighted by molar-refractivity contribution is 5.11. The molecule has 1 aromatic rings. The van der Waals surface area contributed by atoms with Crippen LogP contribution in [0.3, 0.4) is 0 Å². The van der Waals surface area contributed by atoms with Crippen LogP contribution in [0.2, 0.25) is 0 Å². The fourth-order valence-electron chi connectivity index (χ4n) is 1.49.